The first-order chi connectivity index (χ1) is 37.4. The maximum atomic E-state index is 16.1. The summed E-state index contributed by atoms with van der Waals surface area (Å²) < 4.78 is 82.4. The molecule has 9 heteroatoms. The van der Waals surface area contributed by atoms with Gasteiger partial charge in [-0.05, 0) is 57.9 Å². The molecule has 0 amide bonds. The van der Waals surface area contributed by atoms with Crippen LogP contribution in [0.5, 0.6) is 0 Å². The molecule has 0 saturated heterocycles. The van der Waals surface area contributed by atoms with Crippen molar-refractivity contribution >= 4 is 60.2 Å². The van der Waals surface area contributed by atoms with Gasteiger partial charge in [-0.15, -0.1) is 18.2 Å². The Bertz CT molecular complexity index is 4190. The van der Waals surface area contributed by atoms with Crippen LogP contribution in [0.15, 0.2) is 200 Å². The number of halogens is 2. The Hall–Kier alpha value is -7.20. The summed E-state index contributed by atoms with van der Waals surface area (Å²) in [6.07, 6.45) is 3.48. The number of aryl methyl sites for hydroxylation is 2. The normalized spacial score (nSPS) is 12.9. The van der Waals surface area contributed by atoms with Crippen molar-refractivity contribution in [2.24, 2.45) is 0 Å². The second-order valence-corrected chi connectivity index (χ2v) is 30.1. The third-order valence-corrected chi connectivity index (χ3v) is 18.1. The minimum atomic E-state index is -2.44. The van der Waals surface area contributed by atoms with Gasteiger partial charge >= 0.3 is 150 Å². The number of fused-ring (bicyclic) bond motifs is 4. The molecule has 0 N–H and O–H groups in total. The molecular formula is C64H48F2GeIrN4S-2. The van der Waals surface area contributed by atoms with E-state index in [9.17, 15) is 4.39 Å². The van der Waals surface area contributed by atoms with Crippen LogP contribution in [0.2, 0.25) is 17.3 Å². The van der Waals surface area contributed by atoms with Gasteiger partial charge in [-0.1, -0.05) is 120 Å². The second-order valence-electron chi connectivity index (χ2n) is 18.5. The molecule has 359 valence electrons. The van der Waals surface area contributed by atoms with E-state index in [1.165, 1.54) is 18.2 Å². The summed E-state index contributed by atoms with van der Waals surface area (Å²) in [4.78, 5) is 14.2. The van der Waals surface area contributed by atoms with Crippen LogP contribution in [0.4, 0.5) is 8.78 Å². The molecule has 12 aromatic rings. The number of aromatic nitrogens is 4. The average Bonchev–Trinajstić information content (AvgIpc) is 4.28. The summed E-state index contributed by atoms with van der Waals surface area (Å²) in [7, 11) is 0. The van der Waals surface area contributed by atoms with Crippen molar-refractivity contribution in [2.45, 2.75) is 31.0 Å². The molecule has 4 heterocycles. The molecule has 0 fully saturated rings. The average molecular weight is 1210 g/mol. The van der Waals surface area contributed by atoms with Crippen molar-refractivity contribution in [3.63, 3.8) is 0 Å². The smallest absolute Gasteiger partial charge is 0.148 e. The first-order valence-electron chi connectivity index (χ1n) is 26.5. The summed E-state index contributed by atoms with van der Waals surface area (Å²) in [6.45, 7) is -4.43. The van der Waals surface area contributed by atoms with Crippen LogP contribution in [0.25, 0.3) is 104 Å². The van der Waals surface area contributed by atoms with Crippen LogP contribution < -0.4 is 4.40 Å². The molecule has 1 radical (unpaired) electrons. The van der Waals surface area contributed by atoms with Crippen LogP contribution in [0, 0.1) is 37.5 Å². The van der Waals surface area contributed by atoms with E-state index in [0.717, 1.165) is 74.9 Å². The van der Waals surface area contributed by atoms with Crippen molar-refractivity contribution in [3.05, 3.63) is 235 Å². The van der Waals surface area contributed by atoms with Gasteiger partial charge in [0.1, 0.15) is 5.82 Å². The topological polar surface area (TPSA) is 43.6 Å². The van der Waals surface area contributed by atoms with E-state index >= 15 is 4.39 Å². The summed E-state index contributed by atoms with van der Waals surface area (Å²) in [5.41, 5.74) is 10.8. The molecule has 0 saturated carbocycles. The zero-order chi connectivity index (χ0) is 54.5. The Labute approximate surface area is 453 Å². The third kappa shape index (κ3) is 9.88. The molecule has 12 rings (SSSR count). The van der Waals surface area contributed by atoms with Gasteiger partial charge < -0.3 is 4.57 Å². The molecule has 0 spiro atoms. The summed E-state index contributed by atoms with van der Waals surface area (Å²) in [5, 5.41) is 2.02. The third-order valence-electron chi connectivity index (χ3n) is 12.7. The van der Waals surface area contributed by atoms with Gasteiger partial charge in [0.25, 0.3) is 0 Å². The minimum absolute atomic E-state index is 0. The fourth-order valence-corrected chi connectivity index (χ4v) is 13.1. The predicted octanol–water partition coefficient (Wildman–Crippen LogP) is 16.9. The SMILES string of the molecule is [2H]C([2H])([2H])c1cc(-c2[c-]cc(-c3ccccc3)cc2F)nc[c]1[Ge]([CH3])([CH3])[CH3].[2H]C([2H])([2H])c1ccc(-c2cc3c(cn2)sc2c(-c4nc5cccc(F)c5n4-c4cc(-c5ccccc5)ccc4-c4ccccc4)[c-]ccc23)cc1.[Ir]. The van der Waals surface area contributed by atoms with Gasteiger partial charge in [0, 0.05) is 51.9 Å². The zero-order valence-corrected chi connectivity index (χ0v) is 45.1. The molecule has 4 aromatic heterocycles. The molecule has 0 atom stereocenters. The van der Waals surface area contributed by atoms with Crippen LogP contribution in [-0.2, 0) is 20.1 Å². The second kappa shape index (κ2) is 20.7. The van der Waals surface area contributed by atoms with E-state index < -0.39 is 32.8 Å². The number of pyridine rings is 2. The molecule has 0 aliphatic carbocycles. The minimum Gasteiger partial charge on any atom is -0.330 e. The quantitative estimate of drug-likeness (QED) is 0.112. The Morgan fingerprint density at radius 3 is 1.95 bits per heavy atom. The first kappa shape index (κ1) is 42.3. The Morgan fingerprint density at radius 1 is 0.575 bits per heavy atom. The van der Waals surface area contributed by atoms with Crippen molar-refractivity contribution in [3.8, 4) is 73.0 Å². The zero-order valence-electron chi connectivity index (χ0n) is 45.8. The van der Waals surface area contributed by atoms with E-state index in [-0.39, 0.29) is 42.6 Å². The van der Waals surface area contributed by atoms with Crippen molar-refractivity contribution in [2.75, 3.05) is 0 Å². The van der Waals surface area contributed by atoms with E-state index in [1.807, 2.05) is 102 Å². The number of para-hydroxylation sites is 1. The number of hydrogen-bond donors (Lipinski definition) is 0. The predicted molar refractivity (Wildman–Crippen MR) is 299 cm³/mol. The largest absolute Gasteiger partial charge is 0.330 e. The maximum absolute atomic E-state index is 16.1. The standard InChI is InChI=1S/C43H27FN3S.C21H21FGeN.Ir/c1-27-18-20-30(21-19-27)38-25-35-33-14-8-15-34(42(33)48-40(35)26-45-38)43-46-37-17-9-16-36(44)41(37)47(43)39-24-31(28-10-4-2-5-11-28)22-23-32(39)29-12-6-3-7-13-29;1-15-12-21(24-14-20(15)23(2,3)4)18-11-10-17(13-19(18)22)16-8-6-5-7-9-16;/h2-14,16-26H,1H3;5-10,12-14H,1-4H3;/q2*-1;/i2*1D3;. The van der Waals surface area contributed by atoms with Crippen LogP contribution in [0.1, 0.15) is 19.4 Å². The maximum Gasteiger partial charge on any atom is 0.148 e. The van der Waals surface area contributed by atoms with Gasteiger partial charge in [0.2, 0.25) is 0 Å². The van der Waals surface area contributed by atoms with Crippen LogP contribution >= 0.6 is 11.3 Å². The van der Waals surface area contributed by atoms with E-state index in [4.69, 9.17) is 18.2 Å². The molecule has 4 nitrogen and oxygen atoms in total. The monoisotopic (exact) mass is 1220 g/mol. The fourth-order valence-electron chi connectivity index (χ4n) is 9.14. The van der Waals surface area contributed by atoms with Crippen molar-refractivity contribution in [1.82, 2.24) is 19.5 Å². The number of imidazole rings is 1. The molecule has 0 aliphatic rings. The van der Waals surface area contributed by atoms with E-state index in [1.54, 1.807) is 53.9 Å². The van der Waals surface area contributed by atoms with E-state index in [0.29, 0.717) is 28.1 Å². The summed E-state index contributed by atoms with van der Waals surface area (Å²) in [6, 6.07) is 65.1. The van der Waals surface area contributed by atoms with Crippen LogP contribution in [-0.4, -0.2) is 32.8 Å². The molecule has 73 heavy (non-hydrogen) atoms. The molecule has 0 unspecified atom stereocenters. The molecule has 0 bridgehead atoms. The van der Waals surface area contributed by atoms with Gasteiger partial charge in [0.15, 0.2) is 0 Å². The Balaban J connectivity index is 0.000000213. The number of nitrogens with zero attached hydrogens (tertiary/aromatic N) is 4. The number of benzene rings is 8. The van der Waals surface area contributed by atoms with Gasteiger partial charge in [-0.25, -0.2) is 4.39 Å². The van der Waals surface area contributed by atoms with Gasteiger partial charge in [0.05, 0.1) is 22.6 Å². The number of hydrogen-bond acceptors (Lipinski definition) is 4. The summed E-state index contributed by atoms with van der Waals surface area (Å²) in [5.74, 6) is 6.11. The van der Waals surface area contributed by atoms with Crippen molar-refractivity contribution < 1.29 is 37.1 Å². The van der Waals surface area contributed by atoms with E-state index in [2.05, 4.69) is 76.8 Å². The Kier molecular flexibility index (Phi) is 12.0. The number of thiophene rings is 1. The van der Waals surface area contributed by atoms with Crippen LogP contribution in [0.3, 0.4) is 0 Å². The number of rotatable bonds is 8. The van der Waals surface area contributed by atoms with Gasteiger partial charge in [-0.2, -0.15) is 11.3 Å². The van der Waals surface area contributed by atoms with Crippen molar-refractivity contribution in [1.29, 1.82) is 0 Å². The fraction of sp³-hybridized carbons (Fsp3) is 0.0781. The molecular weight excluding hydrogens is 1160 g/mol. The summed E-state index contributed by atoms with van der Waals surface area (Å²) >= 11 is -0.842. The molecule has 8 aromatic carbocycles. The Morgan fingerprint density at radius 2 is 1.26 bits per heavy atom. The van der Waals surface area contributed by atoms with Gasteiger partial charge in [-0.3, -0.25) is 9.97 Å². The first-order valence-corrected chi connectivity index (χ1v) is 31.6. The molecule has 0 aliphatic heterocycles.